The first-order valence-corrected chi connectivity index (χ1v) is 11.8. The monoisotopic (exact) mass is 459 g/mol. The number of aromatic hydroxyl groups is 1. The molecule has 2 atom stereocenters. The number of hydrogen-bond donors (Lipinski definition) is 4. The first-order chi connectivity index (χ1) is 15.6. The number of phenols is 1. The number of aliphatic carboxylic acids is 2. The van der Waals surface area contributed by atoms with Crippen LogP contribution in [0.25, 0.3) is 0 Å². The van der Waals surface area contributed by atoms with Crippen LogP contribution in [-0.2, 0) is 27.2 Å². The van der Waals surface area contributed by atoms with Crippen LogP contribution in [0.1, 0.15) is 62.5 Å². The highest BCUT2D eigenvalue weighted by atomic mass is 16.4. The maximum Gasteiger partial charge on any atom is 0.304 e. The number of carboxylic acid groups (broad SMARTS) is 2. The average molecular weight is 460 g/mol. The van der Waals surface area contributed by atoms with E-state index in [-0.39, 0.29) is 31.1 Å². The van der Waals surface area contributed by atoms with Gasteiger partial charge in [-0.25, -0.2) is 0 Å². The van der Waals surface area contributed by atoms with E-state index in [0.29, 0.717) is 25.2 Å². The predicted molar refractivity (Wildman–Crippen MR) is 119 cm³/mol. The molecule has 8 heteroatoms. The first kappa shape index (κ1) is 23.7. The molecule has 1 aromatic carbocycles. The molecule has 8 nitrogen and oxygen atoms in total. The molecule has 0 aromatic heterocycles. The van der Waals surface area contributed by atoms with Crippen LogP contribution in [0.5, 0.6) is 5.75 Å². The number of phenolic OH excluding ortho intramolecular Hbond substituents is 1. The third-order valence-electron chi connectivity index (χ3n) is 7.75. The summed E-state index contributed by atoms with van der Waals surface area (Å²) in [5, 5.41) is 41.4. The zero-order valence-corrected chi connectivity index (χ0v) is 18.8. The van der Waals surface area contributed by atoms with E-state index in [4.69, 9.17) is 0 Å². The van der Waals surface area contributed by atoms with E-state index in [1.54, 1.807) is 12.1 Å². The summed E-state index contributed by atoms with van der Waals surface area (Å²) in [5.41, 5.74) is -1.33. The molecular formula is C25H33NO7. The standard InChI is InChI=1S/C25H33NO7/c27-19-6-4-18-11-20-25(33,8-1-9-26(20)14-16-2-3-16)15-24(12-22(29)30,13-23(31)32)21(28)7-5-17(18)10-19/h4,6,10,16,20,27,33H,1-3,5,7-9,11-15H2,(H,29,30)(H,31,32). The van der Waals surface area contributed by atoms with Gasteiger partial charge in [-0.15, -0.1) is 0 Å². The number of nitrogens with zero attached hydrogens (tertiary/aromatic N) is 1. The quantitative estimate of drug-likeness (QED) is 0.509. The molecule has 4 N–H and O–H groups in total. The minimum Gasteiger partial charge on any atom is -0.508 e. The third-order valence-corrected chi connectivity index (χ3v) is 7.75. The molecule has 4 rings (SSSR count). The lowest BCUT2D eigenvalue weighted by Gasteiger charge is -2.51. The van der Waals surface area contributed by atoms with Gasteiger partial charge in [-0.1, -0.05) is 6.07 Å². The van der Waals surface area contributed by atoms with Gasteiger partial charge in [-0.2, -0.15) is 0 Å². The van der Waals surface area contributed by atoms with Gasteiger partial charge in [0.1, 0.15) is 11.5 Å². The van der Waals surface area contributed by atoms with Gasteiger partial charge >= 0.3 is 11.9 Å². The van der Waals surface area contributed by atoms with Crippen molar-refractivity contribution in [1.82, 2.24) is 4.90 Å². The topological polar surface area (TPSA) is 135 Å². The van der Waals surface area contributed by atoms with Gasteiger partial charge in [0.15, 0.2) is 0 Å². The Hall–Kier alpha value is -2.45. The van der Waals surface area contributed by atoms with E-state index in [9.17, 15) is 34.8 Å². The highest BCUT2D eigenvalue weighted by Crippen LogP contribution is 2.46. The predicted octanol–water partition coefficient (Wildman–Crippen LogP) is 2.38. The second kappa shape index (κ2) is 9.06. The number of carbonyl (C=O) groups excluding carboxylic acids is 1. The number of hydrogen-bond acceptors (Lipinski definition) is 6. The maximum atomic E-state index is 13.5. The summed E-state index contributed by atoms with van der Waals surface area (Å²) in [6, 6.07) is 4.71. The van der Waals surface area contributed by atoms with Crippen LogP contribution in [0.15, 0.2) is 18.2 Å². The zero-order valence-electron chi connectivity index (χ0n) is 18.8. The van der Waals surface area contributed by atoms with Crippen LogP contribution in [-0.4, -0.2) is 67.8 Å². The van der Waals surface area contributed by atoms with Crippen LogP contribution >= 0.6 is 0 Å². The number of Topliss-reactive ketones (excluding diaryl/α,β-unsaturated/α-hetero) is 1. The molecule has 1 aliphatic heterocycles. The Morgan fingerprint density at radius 1 is 1.06 bits per heavy atom. The lowest BCUT2D eigenvalue weighted by molar-refractivity contribution is -0.159. The zero-order chi connectivity index (χ0) is 23.8. The summed E-state index contributed by atoms with van der Waals surface area (Å²) >= 11 is 0. The summed E-state index contributed by atoms with van der Waals surface area (Å²) in [6.45, 7) is 1.63. The molecule has 1 heterocycles. The molecule has 33 heavy (non-hydrogen) atoms. The molecule has 0 amide bonds. The van der Waals surface area contributed by atoms with E-state index in [1.807, 2.05) is 6.07 Å². The summed E-state index contributed by atoms with van der Waals surface area (Å²) < 4.78 is 0. The lowest BCUT2D eigenvalue weighted by Crippen LogP contribution is -2.61. The minimum atomic E-state index is -1.68. The number of carbonyl (C=O) groups is 3. The molecule has 0 bridgehead atoms. The van der Waals surface area contributed by atoms with Crippen molar-refractivity contribution in [1.29, 1.82) is 0 Å². The smallest absolute Gasteiger partial charge is 0.304 e. The Bertz CT molecular complexity index is 925. The van der Waals surface area contributed by atoms with Crippen LogP contribution in [0.2, 0.25) is 0 Å². The van der Waals surface area contributed by atoms with Crippen molar-refractivity contribution in [2.75, 3.05) is 13.1 Å². The number of ketones is 1. The molecule has 3 aliphatic rings. The Labute approximate surface area is 193 Å². The number of fused-ring (bicyclic) bond motifs is 2. The lowest BCUT2D eigenvalue weighted by atomic mass is 9.63. The van der Waals surface area contributed by atoms with Gasteiger partial charge in [0.2, 0.25) is 0 Å². The number of aryl methyl sites for hydroxylation is 1. The molecule has 0 spiro atoms. The maximum absolute atomic E-state index is 13.5. The number of piperidine rings is 1. The Balaban J connectivity index is 1.81. The molecule has 180 valence electrons. The average Bonchev–Trinajstić information content (AvgIpc) is 3.52. The number of rotatable bonds is 6. The highest BCUT2D eigenvalue weighted by molar-refractivity contribution is 5.92. The van der Waals surface area contributed by atoms with Crippen molar-refractivity contribution in [3.05, 3.63) is 29.3 Å². The van der Waals surface area contributed by atoms with Crippen molar-refractivity contribution in [3.8, 4) is 5.75 Å². The number of likely N-dealkylation sites (tertiary alicyclic amines) is 1. The first-order valence-electron chi connectivity index (χ1n) is 11.8. The SMILES string of the molecule is O=C(O)CC1(CC(=O)O)CC2(O)CCCN(CC3CC3)C2Cc2ccc(O)cc2CCC1=O. The minimum absolute atomic E-state index is 0.0381. The van der Waals surface area contributed by atoms with Crippen LogP contribution in [0, 0.1) is 11.3 Å². The molecule has 0 radical (unpaired) electrons. The van der Waals surface area contributed by atoms with Crippen molar-refractivity contribution in [2.24, 2.45) is 11.3 Å². The fourth-order valence-electron chi connectivity index (χ4n) is 6.04. The van der Waals surface area contributed by atoms with E-state index in [1.165, 1.54) is 0 Å². The van der Waals surface area contributed by atoms with Crippen LogP contribution in [0.4, 0.5) is 0 Å². The van der Waals surface area contributed by atoms with E-state index < -0.39 is 41.6 Å². The van der Waals surface area contributed by atoms with Gasteiger partial charge < -0.3 is 20.4 Å². The fourth-order valence-corrected chi connectivity index (χ4v) is 6.04. The largest absolute Gasteiger partial charge is 0.508 e. The molecule has 1 saturated carbocycles. The summed E-state index contributed by atoms with van der Waals surface area (Å²) in [5.74, 6) is -2.29. The molecule has 2 aliphatic carbocycles. The van der Waals surface area contributed by atoms with E-state index in [2.05, 4.69) is 4.90 Å². The second-order valence-corrected chi connectivity index (χ2v) is 10.3. The highest BCUT2D eigenvalue weighted by Gasteiger charge is 2.53. The summed E-state index contributed by atoms with van der Waals surface area (Å²) in [6.07, 6.45) is 2.72. The van der Waals surface area contributed by atoms with E-state index in [0.717, 1.165) is 37.1 Å². The van der Waals surface area contributed by atoms with Crippen LogP contribution in [0.3, 0.4) is 0 Å². The Morgan fingerprint density at radius 3 is 2.39 bits per heavy atom. The Morgan fingerprint density at radius 2 is 1.76 bits per heavy atom. The van der Waals surface area contributed by atoms with Crippen LogP contribution < -0.4 is 0 Å². The second-order valence-electron chi connectivity index (χ2n) is 10.3. The van der Waals surface area contributed by atoms with Gasteiger partial charge in [0, 0.05) is 19.0 Å². The molecule has 1 aromatic rings. The van der Waals surface area contributed by atoms with Crippen molar-refractivity contribution < 1.29 is 34.8 Å². The van der Waals surface area contributed by atoms with E-state index >= 15 is 0 Å². The summed E-state index contributed by atoms with van der Waals surface area (Å²) in [7, 11) is 0. The number of carboxylic acids is 2. The van der Waals surface area contributed by atoms with Crippen molar-refractivity contribution >= 4 is 17.7 Å². The fraction of sp³-hybridized carbons (Fsp3) is 0.640. The van der Waals surface area contributed by atoms with Gasteiger partial charge in [0.05, 0.1) is 23.9 Å². The number of benzene rings is 1. The van der Waals surface area contributed by atoms with Gasteiger partial charge in [-0.05, 0) is 80.7 Å². The van der Waals surface area contributed by atoms with Crippen molar-refractivity contribution in [2.45, 2.75) is 75.9 Å². The molecule has 1 saturated heterocycles. The van der Waals surface area contributed by atoms with Crippen molar-refractivity contribution in [3.63, 3.8) is 0 Å². The molecule has 2 unspecified atom stereocenters. The number of aliphatic hydroxyl groups is 1. The van der Waals surface area contributed by atoms with Gasteiger partial charge in [-0.3, -0.25) is 19.3 Å². The normalized spacial score (nSPS) is 27.9. The Kier molecular flexibility index (Phi) is 6.51. The molecule has 2 fully saturated rings. The summed E-state index contributed by atoms with van der Waals surface area (Å²) in [4.78, 5) is 39.4. The van der Waals surface area contributed by atoms with Gasteiger partial charge in [0.25, 0.3) is 0 Å². The third kappa shape index (κ3) is 5.22. The molecular weight excluding hydrogens is 426 g/mol.